The summed E-state index contributed by atoms with van der Waals surface area (Å²) in [6.45, 7) is 6.71. The van der Waals surface area contributed by atoms with Gasteiger partial charge in [0.05, 0.1) is 10.9 Å². The maximum Gasteiger partial charge on any atom is 0.262 e. The zero-order valence-electron chi connectivity index (χ0n) is 11.0. The fraction of sp³-hybridized carbons (Fsp3) is 0.357. The first-order chi connectivity index (χ1) is 8.35. The van der Waals surface area contributed by atoms with Gasteiger partial charge in [0.2, 0.25) is 0 Å². The molecule has 0 aliphatic heterocycles. The summed E-state index contributed by atoms with van der Waals surface area (Å²) in [5.74, 6) is 0.490. The Morgan fingerprint density at radius 3 is 2.50 bits per heavy atom. The average molecular weight is 244 g/mol. The summed E-state index contributed by atoms with van der Waals surface area (Å²) in [5.41, 5.74) is -0.382. The van der Waals surface area contributed by atoms with Gasteiger partial charge in [-0.1, -0.05) is 12.1 Å². The smallest absolute Gasteiger partial charge is 0.262 e. The van der Waals surface area contributed by atoms with Crippen LogP contribution in [0.25, 0.3) is 10.9 Å². The minimum atomic E-state index is -0.877. The number of Topliss-reactive ketones (excluding diaryl/α,β-unsaturated/α-hetero) is 1. The minimum absolute atomic E-state index is 0.0650. The highest BCUT2D eigenvalue weighted by Crippen LogP contribution is 2.17. The number of rotatable bonds is 2. The van der Waals surface area contributed by atoms with Gasteiger partial charge >= 0.3 is 0 Å². The molecule has 0 unspecified atom stereocenters. The van der Waals surface area contributed by atoms with E-state index in [1.807, 2.05) is 6.07 Å². The molecule has 4 nitrogen and oxygen atoms in total. The van der Waals surface area contributed by atoms with Crippen LogP contribution < -0.4 is 5.56 Å². The van der Waals surface area contributed by atoms with E-state index in [0.717, 1.165) is 0 Å². The first-order valence-corrected chi connectivity index (χ1v) is 5.85. The SMILES string of the molecule is CC(=O)C(C)(C)n1c(C)nc2ccccc2c1=O. The number of aryl methyl sites for hydroxylation is 1. The molecule has 0 amide bonds. The van der Waals surface area contributed by atoms with Crippen LogP contribution in [0.3, 0.4) is 0 Å². The van der Waals surface area contributed by atoms with Crippen molar-refractivity contribution in [3.05, 3.63) is 40.4 Å². The molecule has 2 rings (SSSR count). The summed E-state index contributed by atoms with van der Waals surface area (Å²) >= 11 is 0. The molecule has 0 saturated carbocycles. The van der Waals surface area contributed by atoms with E-state index in [4.69, 9.17) is 0 Å². The number of fused-ring (bicyclic) bond motifs is 1. The second-order valence-electron chi connectivity index (χ2n) is 4.93. The van der Waals surface area contributed by atoms with Crippen molar-refractivity contribution in [2.24, 2.45) is 0 Å². The largest absolute Gasteiger partial charge is 0.297 e. The highest BCUT2D eigenvalue weighted by atomic mass is 16.1. The Morgan fingerprint density at radius 2 is 1.89 bits per heavy atom. The van der Waals surface area contributed by atoms with Crippen molar-refractivity contribution < 1.29 is 4.79 Å². The second kappa shape index (κ2) is 4.05. The van der Waals surface area contributed by atoms with Gasteiger partial charge in [0, 0.05) is 0 Å². The van der Waals surface area contributed by atoms with Crippen LogP contribution in [0, 0.1) is 6.92 Å². The van der Waals surface area contributed by atoms with Crippen LogP contribution >= 0.6 is 0 Å². The van der Waals surface area contributed by atoms with Crippen LogP contribution in [0.1, 0.15) is 26.6 Å². The van der Waals surface area contributed by atoms with Crippen LogP contribution in [0.5, 0.6) is 0 Å². The van der Waals surface area contributed by atoms with Crippen molar-refractivity contribution in [2.45, 2.75) is 33.2 Å². The molecule has 0 aliphatic carbocycles. The highest BCUT2D eigenvalue weighted by molar-refractivity contribution is 5.84. The van der Waals surface area contributed by atoms with E-state index in [1.54, 1.807) is 39.0 Å². The average Bonchev–Trinajstić information content (AvgIpc) is 2.28. The number of carbonyl (C=O) groups excluding carboxylic acids is 1. The first kappa shape index (κ1) is 12.5. The normalized spacial score (nSPS) is 11.8. The van der Waals surface area contributed by atoms with E-state index < -0.39 is 5.54 Å². The maximum absolute atomic E-state index is 12.5. The number of para-hydroxylation sites is 1. The monoisotopic (exact) mass is 244 g/mol. The third kappa shape index (κ3) is 1.74. The zero-order chi connectivity index (χ0) is 13.5. The molecule has 2 aromatic rings. The van der Waals surface area contributed by atoms with E-state index >= 15 is 0 Å². The highest BCUT2D eigenvalue weighted by Gasteiger charge is 2.29. The molecule has 0 bridgehead atoms. The van der Waals surface area contributed by atoms with E-state index in [9.17, 15) is 9.59 Å². The summed E-state index contributed by atoms with van der Waals surface area (Å²) in [6.07, 6.45) is 0. The van der Waals surface area contributed by atoms with Gasteiger partial charge in [-0.15, -0.1) is 0 Å². The van der Waals surface area contributed by atoms with Gasteiger partial charge in [0.1, 0.15) is 11.4 Å². The lowest BCUT2D eigenvalue weighted by atomic mass is 9.99. The maximum atomic E-state index is 12.5. The number of aromatic nitrogens is 2. The molecule has 0 fully saturated rings. The first-order valence-electron chi connectivity index (χ1n) is 5.85. The van der Waals surface area contributed by atoms with Crippen molar-refractivity contribution in [1.82, 2.24) is 9.55 Å². The third-order valence-electron chi connectivity index (χ3n) is 3.36. The lowest BCUT2D eigenvalue weighted by Gasteiger charge is -2.26. The summed E-state index contributed by atoms with van der Waals surface area (Å²) in [7, 11) is 0. The molecule has 1 aromatic heterocycles. The van der Waals surface area contributed by atoms with Crippen LogP contribution in [-0.2, 0) is 10.3 Å². The molecular formula is C14H16N2O2. The number of nitrogens with zero attached hydrogens (tertiary/aromatic N) is 2. The van der Waals surface area contributed by atoms with E-state index in [0.29, 0.717) is 16.7 Å². The fourth-order valence-corrected chi connectivity index (χ4v) is 2.06. The Hall–Kier alpha value is -1.97. The molecule has 0 radical (unpaired) electrons. The molecule has 94 valence electrons. The molecule has 1 aromatic carbocycles. The third-order valence-corrected chi connectivity index (χ3v) is 3.36. The van der Waals surface area contributed by atoms with Gasteiger partial charge in [-0.3, -0.25) is 14.2 Å². The molecule has 18 heavy (non-hydrogen) atoms. The van der Waals surface area contributed by atoms with Crippen LogP contribution in [0.15, 0.2) is 29.1 Å². The number of hydrogen-bond donors (Lipinski definition) is 0. The van der Waals surface area contributed by atoms with E-state index in [-0.39, 0.29) is 11.3 Å². The zero-order valence-corrected chi connectivity index (χ0v) is 11.0. The van der Waals surface area contributed by atoms with Gasteiger partial charge in [-0.25, -0.2) is 4.98 Å². The predicted octanol–water partition coefficient (Wildman–Crippen LogP) is 2.03. The lowest BCUT2D eigenvalue weighted by molar-refractivity contribution is -0.124. The summed E-state index contributed by atoms with van der Waals surface area (Å²) < 4.78 is 1.47. The number of hydrogen-bond acceptors (Lipinski definition) is 3. The second-order valence-corrected chi connectivity index (χ2v) is 4.93. The molecule has 0 N–H and O–H groups in total. The van der Waals surface area contributed by atoms with Crippen LogP contribution in [-0.4, -0.2) is 15.3 Å². The number of benzene rings is 1. The van der Waals surface area contributed by atoms with Crippen molar-refractivity contribution in [2.75, 3.05) is 0 Å². The summed E-state index contributed by atoms with van der Waals surface area (Å²) in [5, 5.41) is 0.539. The Labute approximate surface area is 105 Å². The summed E-state index contributed by atoms with van der Waals surface area (Å²) in [6, 6.07) is 7.17. The van der Waals surface area contributed by atoms with Crippen molar-refractivity contribution in [3.8, 4) is 0 Å². The lowest BCUT2D eigenvalue weighted by Crippen LogP contribution is -2.43. The molecule has 0 aliphatic rings. The van der Waals surface area contributed by atoms with E-state index in [1.165, 1.54) is 11.5 Å². The molecule has 0 atom stereocenters. The topological polar surface area (TPSA) is 52.0 Å². The van der Waals surface area contributed by atoms with Gasteiger partial charge < -0.3 is 0 Å². The fourth-order valence-electron chi connectivity index (χ4n) is 2.06. The van der Waals surface area contributed by atoms with Crippen LogP contribution in [0.4, 0.5) is 0 Å². The van der Waals surface area contributed by atoms with Gasteiger partial charge in [0.15, 0.2) is 5.78 Å². The Kier molecular flexibility index (Phi) is 2.81. The Bertz CT molecular complexity index is 684. The summed E-state index contributed by atoms with van der Waals surface area (Å²) in [4.78, 5) is 28.6. The Balaban J connectivity index is 2.89. The minimum Gasteiger partial charge on any atom is -0.297 e. The number of carbonyl (C=O) groups is 1. The van der Waals surface area contributed by atoms with Crippen molar-refractivity contribution >= 4 is 16.7 Å². The van der Waals surface area contributed by atoms with Gasteiger partial charge in [-0.2, -0.15) is 0 Å². The van der Waals surface area contributed by atoms with Gasteiger partial charge in [-0.05, 0) is 39.8 Å². The molecule has 0 saturated heterocycles. The Morgan fingerprint density at radius 1 is 1.28 bits per heavy atom. The standard InChI is InChI=1S/C14H16N2O2/c1-9(17)14(3,4)16-10(2)15-12-8-6-5-7-11(12)13(16)18/h5-8H,1-4H3. The molecular weight excluding hydrogens is 228 g/mol. The predicted molar refractivity (Wildman–Crippen MR) is 70.7 cm³/mol. The molecule has 0 spiro atoms. The van der Waals surface area contributed by atoms with Crippen LogP contribution in [0.2, 0.25) is 0 Å². The molecule has 1 heterocycles. The quantitative estimate of drug-likeness (QED) is 0.812. The number of ketones is 1. The molecule has 4 heteroatoms. The van der Waals surface area contributed by atoms with Crippen molar-refractivity contribution in [1.29, 1.82) is 0 Å². The van der Waals surface area contributed by atoms with E-state index in [2.05, 4.69) is 4.98 Å². The van der Waals surface area contributed by atoms with Crippen molar-refractivity contribution in [3.63, 3.8) is 0 Å². The van der Waals surface area contributed by atoms with Gasteiger partial charge in [0.25, 0.3) is 5.56 Å².